The van der Waals surface area contributed by atoms with Crippen molar-refractivity contribution in [2.75, 3.05) is 31.1 Å². The van der Waals surface area contributed by atoms with Crippen molar-refractivity contribution in [3.8, 4) is 6.07 Å². The minimum atomic E-state index is 0.486. The Labute approximate surface area is 124 Å². The van der Waals surface area contributed by atoms with Crippen LogP contribution in [-0.2, 0) is 6.54 Å². The second-order valence-corrected chi connectivity index (χ2v) is 5.11. The molecule has 0 N–H and O–H groups in total. The lowest BCUT2D eigenvalue weighted by atomic mass is 10.2. The van der Waals surface area contributed by atoms with Gasteiger partial charge in [-0.1, -0.05) is 6.07 Å². The van der Waals surface area contributed by atoms with Gasteiger partial charge in [0, 0.05) is 45.1 Å². The number of piperazine rings is 1. The van der Waals surface area contributed by atoms with Gasteiger partial charge in [0.1, 0.15) is 17.6 Å². The summed E-state index contributed by atoms with van der Waals surface area (Å²) in [6, 6.07) is 11.9. The molecule has 1 aliphatic heterocycles. The van der Waals surface area contributed by atoms with Crippen LogP contribution in [0.1, 0.15) is 11.3 Å². The van der Waals surface area contributed by atoms with Gasteiger partial charge in [-0.3, -0.25) is 4.90 Å². The van der Waals surface area contributed by atoms with Gasteiger partial charge in [-0.05, 0) is 29.8 Å². The summed E-state index contributed by atoms with van der Waals surface area (Å²) in [5.74, 6) is 1.05. The fourth-order valence-corrected chi connectivity index (χ4v) is 2.57. The summed E-state index contributed by atoms with van der Waals surface area (Å²) in [5, 5.41) is 8.89. The third-order valence-corrected chi connectivity index (χ3v) is 3.69. The molecule has 0 aliphatic carbocycles. The fraction of sp³-hybridized carbons (Fsp3) is 0.312. The van der Waals surface area contributed by atoms with Crippen molar-refractivity contribution in [1.29, 1.82) is 5.26 Å². The molecule has 106 valence electrons. The topological polar surface area (TPSA) is 56.1 Å². The first kappa shape index (κ1) is 13.5. The number of nitrogens with zero attached hydrogens (tertiary/aromatic N) is 5. The molecule has 5 nitrogen and oxygen atoms in total. The van der Waals surface area contributed by atoms with Gasteiger partial charge in [0.05, 0.1) is 0 Å². The van der Waals surface area contributed by atoms with Crippen LogP contribution in [-0.4, -0.2) is 41.0 Å². The Kier molecular flexibility index (Phi) is 4.08. The minimum absolute atomic E-state index is 0.486. The molecule has 0 bridgehead atoms. The van der Waals surface area contributed by atoms with Gasteiger partial charge in [0.25, 0.3) is 0 Å². The second kappa shape index (κ2) is 6.33. The fourth-order valence-electron chi connectivity index (χ4n) is 2.57. The normalized spacial score (nSPS) is 15.7. The van der Waals surface area contributed by atoms with Crippen LogP contribution in [0.3, 0.4) is 0 Å². The lowest BCUT2D eigenvalue weighted by molar-refractivity contribution is 0.249. The summed E-state index contributed by atoms with van der Waals surface area (Å²) in [7, 11) is 0. The summed E-state index contributed by atoms with van der Waals surface area (Å²) >= 11 is 0. The van der Waals surface area contributed by atoms with Gasteiger partial charge in [-0.2, -0.15) is 5.26 Å². The summed E-state index contributed by atoms with van der Waals surface area (Å²) < 4.78 is 0. The van der Waals surface area contributed by atoms with Gasteiger partial charge in [-0.15, -0.1) is 0 Å². The number of hydrogen-bond acceptors (Lipinski definition) is 5. The molecule has 0 atom stereocenters. The summed E-state index contributed by atoms with van der Waals surface area (Å²) in [5.41, 5.74) is 1.63. The van der Waals surface area contributed by atoms with Crippen molar-refractivity contribution in [2.45, 2.75) is 6.54 Å². The molecule has 5 heteroatoms. The quantitative estimate of drug-likeness (QED) is 0.855. The third-order valence-electron chi connectivity index (χ3n) is 3.69. The highest BCUT2D eigenvalue weighted by Gasteiger charge is 2.17. The number of pyridine rings is 2. The molecule has 0 aromatic carbocycles. The van der Waals surface area contributed by atoms with Crippen LogP contribution in [0.15, 0.2) is 42.7 Å². The molecule has 3 rings (SSSR count). The largest absolute Gasteiger partial charge is 0.354 e. The molecule has 1 saturated heterocycles. The average Bonchev–Trinajstić information content (AvgIpc) is 2.56. The predicted octanol–water partition coefficient (Wildman–Crippen LogP) is 1.67. The zero-order chi connectivity index (χ0) is 14.5. The minimum Gasteiger partial charge on any atom is -0.354 e. The van der Waals surface area contributed by atoms with Crippen LogP contribution >= 0.6 is 0 Å². The third kappa shape index (κ3) is 3.36. The van der Waals surface area contributed by atoms with Crippen LogP contribution in [0, 0.1) is 11.3 Å². The Balaban J connectivity index is 1.57. The van der Waals surface area contributed by atoms with E-state index in [1.807, 2.05) is 30.5 Å². The maximum atomic E-state index is 8.89. The van der Waals surface area contributed by atoms with E-state index in [0.717, 1.165) is 44.1 Å². The first-order valence-corrected chi connectivity index (χ1v) is 7.08. The number of rotatable bonds is 3. The maximum Gasteiger partial charge on any atom is 0.140 e. The highest BCUT2D eigenvalue weighted by Crippen LogP contribution is 2.14. The molecule has 0 saturated carbocycles. The lowest BCUT2D eigenvalue weighted by Crippen LogP contribution is -2.46. The molecule has 3 heterocycles. The zero-order valence-electron chi connectivity index (χ0n) is 11.8. The molecule has 0 spiro atoms. The maximum absolute atomic E-state index is 8.89. The van der Waals surface area contributed by atoms with Crippen molar-refractivity contribution in [3.63, 3.8) is 0 Å². The Morgan fingerprint density at radius 3 is 2.62 bits per heavy atom. The molecule has 21 heavy (non-hydrogen) atoms. The highest BCUT2D eigenvalue weighted by atomic mass is 15.3. The first-order valence-electron chi connectivity index (χ1n) is 7.08. The number of nitriles is 1. The van der Waals surface area contributed by atoms with Crippen LogP contribution in [0.25, 0.3) is 0 Å². The van der Waals surface area contributed by atoms with Crippen molar-refractivity contribution in [3.05, 3.63) is 54.0 Å². The van der Waals surface area contributed by atoms with E-state index in [1.54, 1.807) is 6.20 Å². The molecular weight excluding hydrogens is 262 g/mol. The van der Waals surface area contributed by atoms with Crippen molar-refractivity contribution >= 4 is 5.82 Å². The van der Waals surface area contributed by atoms with Crippen LogP contribution in [0.4, 0.5) is 5.82 Å². The average molecular weight is 279 g/mol. The SMILES string of the molecule is N#Cc1cc(CN2CCN(c3ccccn3)CC2)ccn1. The molecule has 1 fully saturated rings. The number of anilines is 1. The van der Waals surface area contributed by atoms with Crippen molar-refractivity contribution in [2.24, 2.45) is 0 Å². The van der Waals surface area contributed by atoms with Crippen molar-refractivity contribution in [1.82, 2.24) is 14.9 Å². The van der Waals surface area contributed by atoms with E-state index in [-0.39, 0.29) is 0 Å². The zero-order valence-corrected chi connectivity index (χ0v) is 11.8. The highest BCUT2D eigenvalue weighted by molar-refractivity contribution is 5.38. The van der Waals surface area contributed by atoms with Crippen LogP contribution in [0.2, 0.25) is 0 Å². The van der Waals surface area contributed by atoms with Gasteiger partial charge in [0.15, 0.2) is 0 Å². The molecule has 0 radical (unpaired) electrons. The molecular formula is C16H17N5. The molecule has 0 unspecified atom stereocenters. The van der Waals surface area contributed by atoms with Gasteiger partial charge >= 0.3 is 0 Å². The first-order chi connectivity index (χ1) is 10.3. The monoisotopic (exact) mass is 279 g/mol. The predicted molar refractivity (Wildman–Crippen MR) is 80.7 cm³/mol. The molecule has 0 amide bonds. The van der Waals surface area contributed by atoms with E-state index in [4.69, 9.17) is 5.26 Å². The Morgan fingerprint density at radius 2 is 1.90 bits per heavy atom. The number of hydrogen-bond donors (Lipinski definition) is 0. The summed E-state index contributed by atoms with van der Waals surface area (Å²) in [6.07, 6.45) is 3.54. The van der Waals surface area contributed by atoms with Gasteiger partial charge < -0.3 is 4.90 Å². The summed E-state index contributed by atoms with van der Waals surface area (Å²) in [6.45, 7) is 4.83. The van der Waals surface area contributed by atoms with E-state index in [2.05, 4.69) is 31.9 Å². The van der Waals surface area contributed by atoms with E-state index in [1.165, 1.54) is 0 Å². The van der Waals surface area contributed by atoms with Gasteiger partial charge in [-0.25, -0.2) is 9.97 Å². The molecule has 2 aromatic rings. The van der Waals surface area contributed by atoms with Gasteiger partial charge in [0.2, 0.25) is 0 Å². The molecule has 2 aromatic heterocycles. The standard InChI is InChI=1S/C16H17N5/c17-12-15-11-14(4-6-18-15)13-20-7-9-21(10-8-20)16-3-1-2-5-19-16/h1-6,11H,7-10,13H2. The smallest absolute Gasteiger partial charge is 0.140 e. The van der Waals surface area contributed by atoms with E-state index in [9.17, 15) is 0 Å². The number of aromatic nitrogens is 2. The summed E-state index contributed by atoms with van der Waals surface area (Å²) in [4.78, 5) is 13.1. The van der Waals surface area contributed by atoms with Crippen LogP contribution in [0.5, 0.6) is 0 Å². The van der Waals surface area contributed by atoms with Crippen LogP contribution < -0.4 is 4.90 Å². The molecule has 1 aliphatic rings. The van der Waals surface area contributed by atoms with E-state index >= 15 is 0 Å². The van der Waals surface area contributed by atoms with E-state index < -0.39 is 0 Å². The van der Waals surface area contributed by atoms with Crippen molar-refractivity contribution < 1.29 is 0 Å². The Bertz CT molecular complexity index is 627. The lowest BCUT2D eigenvalue weighted by Gasteiger charge is -2.35. The second-order valence-electron chi connectivity index (χ2n) is 5.11. The van der Waals surface area contributed by atoms with E-state index in [0.29, 0.717) is 5.69 Å². The Morgan fingerprint density at radius 1 is 1.05 bits per heavy atom. The Hall–Kier alpha value is -2.45.